The van der Waals surface area contributed by atoms with Gasteiger partial charge in [-0.05, 0) is 42.0 Å². The number of furan rings is 1. The first-order chi connectivity index (χ1) is 10.8. The summed E-state index contributed by atoms with van der Waals surface area (Å²) in [5, 5.41) is 0.741. The normalized spacial score (nSPS) is 11.1. The highest BCUT2D eigenvalue weighted by atomic mass is 35.5. The molecule has 0 fully saturated rings. The summed E-state index contributed by atoms with van der Waals surface area (Å²) < 4.78 is 7.71. The van der Waals surface area contributed by atoms with Gasteiger partial charge in [0.1, 0.15) is 0 Å². The number of hydrogen-bond acceptors (Lipinski definition) is 2. The summed E-state index contributed by atoms with van der Waals surface area (Å²) in [5.74, 6) is 1.60. The molecule has 0 saturated heterocycles. The van der Waals surface area contributed by atoms with Crippen LogP contribution in [0.15, 0.2) is 71.3 Å². The Morgan fingerprint density at radius 1 is 0.955 bits per heavy atom. The molecule has 0 aliphatic heterocycles. The fourth-order valence-electron chi connectivity index (χ4n) is 2.60. The minimum absolute atomic E-state index is 0.716. The largest absolute Gasteiger partial charge is 0.461 e. The molecule has 0 aliphatic rings. The van der Waals surface area contributed by atoms with Gasteiger partial charge in [0.15, 0.2) is 11.6 Å². The van der Waals surface area contributed by atoms with Gasteiger partial charge in [-0.25, -0.2) is 4.98 Å². The second kappa shape index (κ2) is 5.35. The summed E-state index contributed by atoms with van der Waals surface area (Å²) in [5.41, 5.74) is 3.21. The Morgan fingerprint density at radius 3 is 2.55 bits per heavy atom. The lowest BCUT2D eigenvalue weighted by molar-refractivity contribution is 0.572. The Morgan fingerprint density at radius 2 is 1.77 bits per heavy atom. The number of imidazole rings is 1. The summed E-state index contributed by atoms with van der Waals surface area (Å²) in [4.78, 5) is 4.71. The highest BCUT2D eigenvalue weighted by Crippen LogP contribution is 2.26. The van der Waals surface area contributed by atoms with Gasteiger partial charge >= 0.3 is 0 Å². The molecule has 2 heterocycles. The molecule has 0 bridgehead atoms. The molecule has 0 amide bonds. The smallest absolute Gasteiger partial charge is 0.177 e. The van der Waals surface area contributed by atoms with E-state index in [1.54, 1.807) is 6.26 Å². The van der Waals surface area contributed by atoms with Crippen molar-refractivity contribution in [1.82, 2.24) is 9.55 Å². The third-order valence-electron chi connectivity index (χ3n) is 3.65. The average Bonchev–Trinajstić information content (AvgIpc) is 3.18. The van der Waals surface area contributed by atoms with E-state index in [1.165, 1.54) is 5.56 Å². The number of rotatable bonds is 3. The monoisotopic (exact) mass is 308 g/mol. The van der Waals surface area contributed by atoms with Gasteiger partial charge in [-0.3, -0.25) is 0 Å². The molecule has 4 heteroatoms. The lowest BCUT2D eigenvalue weighted by Gasteiger charge is -2.08. The van der Waals surface area contributed by atoms with Crippen molar-refractivity contribution >= 4 is 22.6 Å². The number of hydrogen-bond donors (Lipinski definition) is 0. The van der Waals surface area contributed by atoms with Crippen LogP contribution in [0.3, 0.4) is 0 Å². The Balaban J connectivity index is 1.87. The predicted molar refractivity (Wildman–Crippen MR) is 88.0 cm³/mol. The fraction of sp³-hybridized carbons (Fsp3) is 0.0556. The third kappa shape index (κ3) is 2.30. The van der Waals surface area contributed by atoms with E-state index < -0.39 is 0 Å². The van der Waals surface area contributed by atoms with Gasteiger partial charge in [0, 0.05) is 11.6 Å². The van der Waals surface area contributed by atoms with Crippen LogP contribution >= 0.6 is 11.6 Å². The molecule has 0 aliphatic carbocycles. The van der Waals surface area contributed by atoms with Crippen molar-refractivity contribution in [3.63, 3.8) is 0 Å². The maximum absolute atomic E-state index is 5.97. The van der Waals surface area contributed by atoms with Crippen LogP contribution in [-0.4, -0.2) is 9.55 Å². The lowest BCUT2D eigenvalue weighted by atomic mass is 10.2. The maximum atomic E-state index is 5.97. The van der Waals surface area contributed by atoms with E-state index in [0.717, 1.165) is 27.6 Å². The summed E-state index contributed by atoms with van der Waals surface area (Å²) in [6.07, 6.45) is 1.67. The van der Waals surface area contributed by atoms with Crippen molar-refractivity contribution in [1.29, 1.82) is 0 Å². The van der Waals surface area contributed by atoms with Crippen LogP contribution < -0.4 is 0 Å². The van der Waals surface area contributed by atoms with E-state index in [0.29, 0.717) is 6.54 Å². The number of nitrogens with zero attached hydrogens (tertiary/aromatic N) is 2. The fourth-order valence-corrected chi connectivity index (χ4v) is 2.73. The van der Waals surface area contributed by atoms with E-state index in [1.807, 2.05) is 54.6 Å². The zero-order valence-electron chi connectivity index (χ0n) is 11.7. The van der Waals surface area contributed by atoms with Gasteiger partial charge in [-0.2, -0.15) is 0 Å². The number of para-hydroxylation sites is 2. The summed E-state index contributed by atoms with van der Waals surface area (Å²) in [7, 11) is 0. The Bertz CT molecular complexity index is 908. The number of fused-ring (bicyclic) bond motifs is 1. The summed E-state index contributed by atoms with van der Waals surface area (Å²) in [6.45, 7) is 0.716. The van der Waals surface area contributed by atoms with Crippen molar-refractivity contribution in [3.05, 3.63) is 77.5 Å². The minimum atomic E-state index is 0.716. The third-order valence-corrected chi connectivity index (χ3v) is 3.90. The molecular weight excluding hydrogens is 296 g/mol. The first kappa shape index (κ1) is 13.2. The topological polar surface area (TPSA) is 31.0 Å². The molecule has 0 saturated carbocycles. The van der Waals surface area contributed by atoms with Crippen LogP contribution in [0.4, 0.5) is 0 Å². The van der Waals surface area contributed by atoms with Gasteiger partial charge in [-0.1, -0.05) is 35.9 Å². The quantitative estimate of drug-likeness (QED) is 0.533. The van der Waals surface area contributed by atoms with E-state index in [4.69, 9.17) is 21.0 Å². The molecule has 4 rings (SSSR count). The molecule has 0 unspecified atom stereocenters. The molecule has 0 N–H and O–H groups in total. The first-order valence-corrected chi connectivity index (χ1v) is 7.43. The Hall–Kier alpha value is -2.52. The summed E-state index contributed by atoms with van der Waals surface area (Å²) >= 11 is 5.97. The molecule has 4 aromatic rings. The molecule has 0 spiro atoms. The van der Waals surface area contributed by atoms with Crippen molar-refractivity contribution in [2.45, 2.75) is 6.54 Å². The zero-order chi connectivity index (χ0) is 14.9. The van der Waals surface area contributed by atoms with Gasteiger partial charge in [0.25, 0.3) is 0 Å². The SMILES string of the molecule is Clc1ccc(Cn2c(-c3ccco3)nc3ccccc32)cc1. The maximum Gasteiger partial charge on any atom is 0.177 e. The van der Waals surface area contributed by atoms with Crippen LogP contribution in [0.5, 0.6) is 0 Å². The zero-order valence-corrected chi connectivity index (χ0v) is 12.5. The molecule has 2 aromatic carbocycles. The van der Waals surface area contributed by atoms with Crippen molar-refractivity contribution in [3.8, 4) is 11.6 Å². The minimum Gasteiger partial charge on any atom is -0.461 e. The average molecular weight is 309 g/mol. The van der Waals surface area contributed by atoms with Crippen molar-refractivity contribution < 1.29 is 4.42 Å². The van der Waals surface area contributed by atoms with Gasteiger partial charge in [0.2, 0.25) is 0 Å². The van der Waals surface area contributed by atoms with E-state index >= 15 is 0 Å². The standard InChI is InChI=1S/C18H13ClN2O/c19-14-9-7-13(8-10-14)12-21-16-5-2-1-4-15(16)20-18(21)17-6-3-11-22-17/h1-11H,12H2. The Kier molecular flexibility index (Phi) is 3.20. The molecule has 2 aromatic heterocycles. The van der Waals surface area contributed by atoms with E-state index in [2.05, 4.69) is 10.6 Å². The van der Waals surface area contributed by atoms with Crippen molar-refractivity contribution in [2.75, 3.05) is 0 Å². The summed E-state index contributed by atoms with van der Waals surface area (Å²) in [6, 6.07) is 19.8. The second-order valence-corrected chi connectivity index (χ2v) is 5.55. The number of halogens is 1. The Labute approximate surface area is 132 Å². The van der Waals surface area contributed by atoms with Gasteiger partial charge in [0.05, 0.1) is 17.3 Å². The molecule has 3 nitrogen and oxygen atoms in total. The molecule has 108 valence electrons. The van der Waals surface area contributed by atoms with Crippen molar-refractivity contribution in [2.24, 2.45) is 0 Å². The van der Waals surface area contributed by atoms with Gasteiger partial charge in [-0.15, -0.1) is 0 Å². The van der Waals surface area contributed by atoms with Crippen LogP contribution in [-0.2, 0) is 6.54 Å². The number of benzene rings is 2. The first-order valence-electron chi connectivity index (χ1n) is 7.05. The molecule has 0 atom stereocenters. The van der Waals surface area contributed by atoms with Gasteiger partial charge < -0.3 is 8.98 Å². The number of aromatic nitrogens is 2. The lowest BCUT2D eigenvalue weighted by Crippen LogP contribution is -2.01. The van der Waals surface area contributed by atoms with E-state index in [9.17, 15) is 0 Å². The predicted octanol–water partition coefficient (Wildman–Crippen LogP) is 5.00. The molecule has 22 heavy (non-hydrogen) atoms. The van der Waals surface area contributed by atoms with Crippen LogP contribution in [0.2, 0.25) is 5.02 Å². The van der Waals surface area contributed by atoms with Crippen LogP contribution in [0.1, 0.15) is 5.56 Å². The second-order valence-electron chi connectivity index (χ2n) is 5.11. The van der Waals surface area contributed by atoms with Crippen LogP contribution in [0.25, 0.3) is 22.6 Å². The molecule has 0 radical (unpaired) electrons. The molecular formula is C18H13ClN2O. The van der Waals surface area contributed by atoms with Crippen LogP contribution in [0, 0.1) is 0 Å². The highest BCUT2D eigenvalue weighted by molar-refractivity contribution is 6.30. The highest BCUT2D eigenvalue weighted by Gasteiger charge is 2.14. The van der Waals surface area contributed by atoms with E-state index in [-0.39, 0.29) is 0 Å².